The summed E-state index contributed by atoms with van der Waals surface area (Å²) in [6.07, 6.45) is -5.31. The van der Waals surface area contributed by atoms with Gasteiger partial charge in [-0.25, -0.2) is 0 Å². The van der Waals surface area contributed by atoms with Crippen molar-refractivity contribution < 1.29 is 17.6 Å². The molecule has 0 aliphatic heterocycles. The zero-order valence-electron chi connectivity index (χ0n) is 7.47. The highest BCUT2D eigenvalue weighted by Crippen LogP contribution is 2.28. The van der Waals surface area contributed by atoms with E-state index < -0.39 is 18.6 Å². The molecule has 0 fully saturated rings. The lowest BCUT2D eigenvalue weighted by Crippen LogP contribution is -2.19. The molecule has 0 amide bonds. The molecule has 1 atom stereocenters. The smallest absolute Gasteiger partial charge is 0.391 e. The lowest BCUT2D eigenvalue weighted by atomic mass is 10.2. The minimum Gasteiger partial charge on any atom is -0.465 e. The van der Waals surface area contributed by atoms with E-state index in [1.807, 2.05) is 0 Å². The standard InChI is InChI=1S/C8H10F3NO.ClH/c1-5-2-3-7(13-5)6(12)4-8(9,10)11;/h2-3,6H,4,12H2,1H3;1H/t6-;/m1./s1. The Morgan fingerprint density at radius 3 is 2.36 bits per heavy atom. The van der Waals surface area contributed by atoms with Gasteiger partial charge in [0.25, 0.3) is 0 Å². The molecule has 0 aromatic carbocycles. The van der Waals surface area contributed by atoms with Crippen LogP contribution < -0.4 is 5.73 Å². The fourth-order valence-corrected chi connectivity index (χ4v) is 1.00. The van der Waals surface area contributed by atoms with E-state index >= 15 is 0 Å². The number of halogens is 4. The number of rotatable bonds is 2. The van der Waals surface area contributed by atoms with Crippen molar-refractivity contribution in [3.8, 4) is 0 Å². The van der Waals surface area contributed by atoms with Crippen molar-refractivity contribution in [1.29, 1.82) is 0 Å². The van der Waals surface area contributed by atoms with E-state index in [0.717, 1.165) is 0 Å². The van der Waals surface area contributed by atoms with Crippen molar-refractivity contribution in [3.05, 3.63) is 23.7 Å². The molecule has 0 unspecified atom stereocenters. The van der Waals surface area contributed by atoms with Crippen LogP contribution in [0.2, 0.25) is 0 Å². The summed E-state index contributed by atoms with van der Waals surface area (Å²) in [6.45, 7) is 1.66. The van der Waals surface area contributed by atoms with Crippen LogP contribution in [-0.2, 0) is 0 Å². The first kappa shape index (κ1) is 13.3. The van der Waals surface area contributed by atoms with E-state index in [2.05, 4.69) is 0 Å². The van der Waals surface area contributed by atoms with Gasteiger partial charge in [-0.3, -0.25) is 0 Å². The number of furan rings is 1. The number of hydrogen-bond acceptors (Lipinski definition) is 2. The summed E-state index contributed by atoms with van der Waals surface area (Å²) >= 11 is 0. The molecule has 0 spiro atoms. The van der Waals surface area contributed by atoms with Crippen LogP contribution in [0.1, 0.15) is 24.0 Å². The van der Waals surface area contributed by atoms with E-state index in [0.29, 0.717) is 5.76 Å². The van der Waals surface area contributed by atoms with E-state index in [1.54, 1.807) is 13.0 Å². The van der Waals surface area contributed by atoms with Crippen LogP contribution in [0.3, 0.4) is 0 Å². The molecule has 6 heteroatoms. The minimum atomic E-state index is -4.25. The molecule has 0 saturated carbocycles. The quantitative estimate of drug-likeness (QED) is 0.847. The Kier molecular flexibility index (Phi) is 4.48. The third kappa shape index (κ3) is 4.02. The fraction of sp³-hybridized carbons (Fsp3) is 0.500. The topological polar surface area (TPSA) is 39.2 Å². The van der Waals surface area contributed by atoms with Gasteiger partial charge in [-0.2, -0.15) is 13.2 Å². The molecule has 14 heavy (non-hydrogen) atoms. The number of alkyl halides is 3. The van der Waals surface area contributed by atoms with Gasteiger partial charge in [-0.15, -0.1) is 12.4 Å². The Morgan fingerprint density at radius 1 is 1.43 bits per heavy atom. The largest absolute Gasteiger partial charge is 0.465 e. The number of hydrogen-bond donors (Lipinski definition) is 1. The van der Waals surface area contributed by atoms with Crippen LogP contribution >= 0.6 is 12.4 Å². The molecule has 1 rings (SSSR count). The summed E-state index contributed by atoms with van der Waals surface area (Å²) in [5.41, 5.74) is 5.28. The monoisotopic (exact) mass is 229 g/mol. The highest BCUT2D eigenvalue weighted by Gasteiger charge is 2.31. The third-order valence-corrected chi connectivity index (χ3v) is 1.58. The van der Waals surface area contributed by atoms with Gasteiger partial charge in [0.15, 0.2) is 0 Å². The molecular formula is C8H11ClF3NO. The summed E-state index contributed by atoms with van der Waals surface area (Å²) in [7, 11) is 0. The predicted octanol–water partition coefficient (Wildman–Crippen LogP) is 2.96. The zero-order chi connectivity index (χ0) is 10.1. The van der Waals surface area contributed by atoms with Gasteiger partial charge >= 0.3 is 6.18 Å². The molecule has 1 heterocycles. The van der Waals surface area contributed by atoms with Crippen molar-refractivity contribution in [2.24, 2.45) is 5.73 Å². The van der Waals surface area contributed by atoms with Crippen LogP contribution in [0.15, 0.2) is 16.5 Å². The highest BCUT2D eigenvalue weighted by molar-refractivity contribution is 5.85. The van der Waals surface area contributed by atoms with Crippen LogP contribution in [0.4, 0.5) is 13.2 Å². The van der Waals surface area contributed by atoms with Gasteiger partial charge in [-0.05, 0) is 19.1 Å². The molecule has 0 radical (unpaired) electrons. The number of aryl methyl sites for hydroxylation is 1. The average Bonchev–Trinajstić information content (AvgIpc) is 2.31. The second-order valence-corrected chi connectivity index (χ2v) is 2.87. The summed E-state index contributed by atoms with van der Waals surface area (Å²) in [5.74, 6) is 0.738. The van der Waals surface area contributed by atoms with E-state index in [-0.39, 0.29) is 18.2 Å². The molecule has 0 aliphatic rings. The van der Waals surface area contributed by atoms with Gasteiger partial charge in [0.05, 0.1) is 12.5 Å². The Labute approximate surface area is 85.7 Å². The first-order valence-electron chi connectivity index (χ1n) is 3.77. The molecule has 1 aromatic heterocycles. The molecule has 1 aromatic rings. The van der Waals surface area contributed by atoms with Gasteiger partial charge in [0.2, 0.25) is 0 Å². The maximum Gasteiger partial charge on any atom is 0.391 e. The highest BCUT2D eigenvalue weighted by atomic mass is 35.5. The van der Waals surface area contributed by atoms with Crippen molar-refractivity contribution in [3.63, 3.8) is 0 Å². The van der Waals surface area contributed by atoms with E-state index in [4.69, 9.17) is 10.2 Å². The van der Waals surface area contributed by atoms with Crippen molar-refractivity contribution >= 4 is 12.4 Å². The van der Waals surface area contributed by atoms with Crippen LogP contribution in [0.5, 0.6) is 0 Å². The van der Waals surface area contributed by atoms with Crippen LogP contribution in [0, 0.1) is 6.92 Å². The molecule has 2 nitrogen and oxygen atoms in total. The summed E-state index contributed by atoms with van der Waals surface area (Å²) < 4.78 is 40.6. The van der Waals surface area contributed by atoms with Crippen LogP contribution in [0.25, 0.3) is 0 Å². The first-order valence-corrected chi connectivity index (χ1v) is 3.77. The number of nitrogens with two attached hydrogens (primary N) is 1. The molecular weight excluding hydrogens is 219 g/mol. The molecule has 0 aliphatic carbocycles. The summed E-state index contributed by atoms with van der Waals surface area (Å²) in [6, 6.07) is 1.95. The second-order valence-electron chi connectivity index (χ2n) is 2.87. The Bertz CT molecular complexity index is 284. The molecule has 0 bridgehead atoms. The van der Waals surface area contributed by atoms with E-state index in [1.165, 1.54) is 6.07 Å². The zero-order valence-corrected chi connectivity index (χ0v) is 8.28. The van der Waals surface area contributed by atoms with Gasteiger partial charge in [0.1, 0.15) is 11.5 Å². The lowest BCUT2D eigenvalue weighted by Gasteiger charge is -2.11. The van der Waals surface area contributed by atoms with Crippen molar-refractivity contribution in [2.75, 3.05) is 0 Å². The first-order chi connectivity index (χ1) is 5.88. The minimum absolute atomic E-state index is 0. The van der Waals surface area contributed by atoms with Gasteiger partial charge in [-0.1, -0.05) is 0 Å². The van der Waals surface area contributed by atoms with Gasteiger partial charge in [0, 0.05) is 0 Å². The van der Waals surface area contributed by atoms with Gasteiger partial charge < -0.3 is 10.2 Å². The van der Waals surface area contributed by atoms with Crippen molar-refractivity contribution in [1.82, 2.24) is 0 Å². The summed E-state index contributed by atoms with van der Waals surface area (Å²) in [4.78, 5) is 0. The lowest BCUT2D eigenvalue weighted by molar-refractivity contribution is -0.139. The Morgan fingerprint density at radius 2 is 2.00 bits per heavy atom. The maximum absolute atomic E-state index is 11.9. The van der Waals surface area contributed by atoms with E-state index in [9.17, 15) is 13.2 Å². The van der Waals surface area contributed by atoms with Crippen LogP contribution in [-0.4, -0.2) is 6.18 Å². The predicted molar refractivity (Wildman–Crippen MR) is 48.3 cm³/mol. The molecule has 2 N–H and O–H groups in total. The average molecular weight is 230 g/mol. The Hall–Kier alpha value is -0.680. The molecule has 0 saturated heterocycles. The molecule has 82 valence electrons. The second kappa shape index (κ2) is 4.70. The maximum atomic E-state index is 11.9. The SMILES string of the molecule is Cc1ccc([C@H](N)CC(F)(F)F)o1.Cl. The Balaban J connectivity index is 0.00000169. The fourth-order valence-electron chi connectivity index (χ4n) is 1.00. The van der Waals surface area contributed by atoms with Crippen molar-refractivity contribution in [2.45, 2.75) is 25.6 Å². The summed E-state index contributed by atoms with van der Waals surface area (Å²) in [5, 5.41) is 0. The normalized spacial score (nSPS) is 13.5. The third-order valence-electron chi connectivity index (χ3n) is 1.58.